The van der Waals surface area contributed by atoms with Crippen LogP contribution >= 0.6 is 0 Å². The average molecular weight is 259 g/mol. The van der Waals surface area contributed by atoms with E-state index in [4.69, 9.17) is 4.42 Å². The molecule has 0 spiro atoms. The van der Waals surface area contributed by atoms with Crippen molar-refractivity contribution in [2.45, 2.75) is 39.5 Å². The van der Waals surface area contributed by atoms with Gasteiger partial charge in [0, 0.05) is 11.6 Å². The highest BCUT2D eigenvalue weighted by molar-refractivity contribution is 5.58. The van der Waals surface area contributed by atoms with Crippen LogP contribution < -0.4 is 5.32 Å². The van der Waals surface area contributed by atoms with Gasteiger partial charge in [-0.05, 0) is 24.6 Å². The number of rotatable bonds is 5. The lowest BCUT2D eigenvalue weighted by atomic mass is 10.1. The fourth-order valence-corrected chi connectivity index (χ4v) is 1.86. The number of benzene rings is 1. The van der Waals surface area contributed by atoms with E-state index in [1.165, 1.54) is 0 Å². The summed E-state index contributed by atoms with van der Waals surface area (Å²) >= 11 is 0. The molecule has 1 heterocycles. The summed E-state index contributed by atoms with van der Waals surface area (Å²) in [7, 11) is 0. The highest BCUT2D eigenvalue weighted by Gasteiger charge is 2.06. The molecule has 0 aliphatic carbocycles. The molecular weight excluding hydrogens is 238 g/mol. The summed E-state index contributed by atoms with van der Waals surface area (Å²) in [5.74, 6) is 1.79. The molecule has 0 aliphatic rings. The third kappa shape index (κ3) is 3.69. The molecule has 1 atom stereocenters. The highest BCUT2D eigenvalue weighted by atomic mass is 16.3. The zero-order valence-electron chi connectivity index (χ0n) is 11.7. The van der Waals surface area contributed by atoms with Crippen LogP contribution in [0.1, 0.15) is 38.2 Å². The Morgan fingerprint density at radius 1 is 1.05 bits per heavy atom. The first-order valence-electron chi connectivity index (χ1n) is 6.67. The zero-order valence-corrected chi connectivity index (χ0v) is 11.7. The molecule has 2 aromatic rings. The third-order valence-corrected chi connectivity index (χ3v) is 3.02. The van der Waals surface area contributed by atoms with Crippen LogP contribution in [-0.2, 0) is 6.54 Å². The predicted octanol–water partition coefficient (Wildman–Crippen LogP) is 3.50. The van der Waals surface area contributed by atoms with Gasteiger partial charge in [0.25, 0.3) is 0 Å². The molecule has 0 bridgehead atoms. The molecule has 0 saturated carbocycles. The maximum atomic E-state index is 9.48. The molecule has 0 radical (unpaired) electrons. The van der Waals surface area contributed by atoms with E-state index in [-0.39, 0.29) is 0 Å². The number of hydrogen-bond acceptors (Lipinski definition) is 3. The molecule has 0 amide bonds. The summed E-state index contributed by atoms with van der Waals surface area (Å²) in [6.45, 7) is 6.72. The molecule has 0 aliphatic heterocycles. The smallest absolute Gasteiger partial charge is 0.134 e. The third-order valence-electron chi connectivity index (χ3n) is 3.02. The molecule has 1 unspecified atom stereocenters. The van der Waals surface area contributed by atoms with Crippen LogP contribution in [0.5, 0.6) is 0 Å². The van der Waals surface area contributed by atoms with E-state index < -0.39 is 6.10 Å². The molecule has 2 rings (SSSR count). The Morgan fingerprint density at radius 3 is 2.32 bits per heavy atom. The minimum Gasteiger partial charge on any atom is -0.460 e. The quantitative estimate of drug-likeness (QED) is 0.864. The summed E-state index contributed by atoms with van der Waals surface area (Å²) in [6, 6.07) is 12.2. The summed E-state index contributed by atoms with van der Waals surface area (Å²) < 4.78 is 5.80. The second-order valence-electron chi connectivity index (χ2n) is 5.10. The monoisotopic (exact) mass is 259 g/mol. The lowest BCUT2D eigenvalue weighted by molar-refractivity contribution is 0.199. The largest absolute Gasteiger partial charge is 0.460 e. The van der Waals surface area contributed by atoms with Crippen LogP contribution in [0.2, 0.25) is 0 Å². The van der Waals surface area contributed by atoms with Gasteiger partial charge >= 0.3 is 0 Å². The lowest BCUT2D eigenvalue weighted by Crippen LogP contribution is -2.21. The summed E-state index contributed by atoms with van der Waals surface area (Å²) in [6.07, 6.45) is -0.434. The molecular formula is C16H21NO2. The van der Waals surface area contributed by atoms with Crippen molar-refractivity contribution in [3.63, 3.8) is 0 Å². The van der Waals surface area contributed by atoms with E-state index in [1.54, 1.807) is 6.92 Å². The predicted molar refractivity (Wildman–Crippen MR) is 76.8 cm³/mol. The topological polar surface area (TPSA) is 45.4 Å². The number of aliphatic hydroxyl groups excluding tert-OH is 1. The van der Waals surface area contributed by atoms with Gasteiger partial charge in [-0.2, -0.15) is 0 Å². The minimum absolute atomic E-state index is 0.434. The van der Waals surface area contributed by atoms with Crippen LogP contribution in [0.3, 0.4) is 0 Å². The van der Waals surface area contributed by atoms with Crippen molar-refractivity contribution in [1.29, 1.82) is 0 Å². The maximum Gasteiger partial charge on any atom is 0.134 e. The summed E-state index contributed by atoms with van der Waals surface area (Å²) in [4.78, 5) is 0. The fourth-order valence-electron chi connectivity index (χ4n) is 1.86. The number of hydrogen-bond donors (Lipinski definition) is 2. The van der Waals surface area contributed by atoms with Gasteiger partial charge in [0.2, 0.25) is 0 Å². The van der Waals surface area contributed by atoms with Crippen molar-refractivity contribution in [1.82, 2.24) is 5.32 Å². The van der Waals surface area contributed by atoms with Crippen molar-refractivity contribution in [3.8, 4) is 11.3 Å². The maximum absolute atomic E-state index is 9.48. The Hall–Kier alpha value is -1.58. The molecule has 2 N–H and O–H groups in total. The first-order chi connectivity index (χ1) is 9.06. The summed E-state index contributed by atoms with van der Waals surface area (Å²) in [5, 5.41) is 12.8. The van der Waals surface area contributed by atoms with Gasteiger partial charge in [-0.3, -0.25) is 0 Å². The van der Waals surface area contributed by atoms with Crippen molar-refractivity contribution in [3.05, 3.63) is 47.7 Å². The summed E-state index contributed by atoms with van der Waals surface area (Å²) in [5.41, 5.74) is 1.94. The van der Waals surface area contributed by atoms with E-state index in [0.717, 1.165) is 29.2 Å². The fraction of sp³-hybridized carbons (Fsp3) is 0.375. The Balaban J connectivity index is 2.09. The second-order valence-corrected chi connectivity index (χ2v) is 5.10. The average Bonchev–Trinajstić information content (AvgIpc) is 2.85. The molecule has 3 heteroatoms. The van der Waals surface area contributed by atoms with Gasteiger partial charge < -0.3 is 14.8 Å². The Labute approximate surface area is 114 Å². The van der Waals surface area contributed by atoms with Crippen molar-refractivity contribution in [2.24, 2.45) is 0 Å². The molecule has 3 nitrogen and oxygen atoms in total. The lowest BCUT2D eigenvalue weighted by Gasteiger charge is -2.06. The molecule has 0 saturated heterocycles. The van der Waals surface area contributed by atoms with Crippen LogP contribution in [-0.4, -0.2) is 11.1 Å². The molecule has 102 valence electrons. The van der Waals surface area contributed by atoms with Gasteiger partial charge in [-0.1, -0.05) is 38.1 Å². The van der Waals surface area contributed by atoms with E-state index >= 15 is 0 Å². The van der Waals surface area contributed by atoms with E-state index in [2.05, 4.69) is 19.2 Å². The van der Waals surface area contributed by atoms with Gasteiger partial charge in [0.05, 0.1) is 12.6 Å². The van der Waals surface area contributed by atoms with Crippen LogP contribution in [0, 0.1) is 0 Å². The van der Waals surface area contributed by atoms with Crippen molar-refractivity contribution >= 4 is 0 Å². The van der Waals surface area contributed by atoms with Crippen LogP contribution in [0.15, 0.2) is 40.8 Å². The normalized spacial score (nSPS) is 12.9. The molecule has 0 fully saturated rings. The van der Waals surface area contributed by atoms with Gasteiger partial charge in [0.1, 0.15) is 11.5 Å². The van der Waals surface area contributed by atoms with Gasteiger partial charge in [-0.25, -0.2) is 0 Å². The standard InChI is InChI=1S/C16H21NO2/c1-11(2)17-10-15-8-9-16(19-15)14-6-4-13(5-7-14)12(3)18/h4-9,11-12,17-18H,10H2,1-3H3. The Bertz CT molecular complexity index is 512. The molecule has 19 heavy (non-hydrogen) atoms. The van der Waals surface area contributed by atoms with E-state index in [9.17, 15) is 5.11 Å². The number of nitrogens with one attached hydrogen (secondary N) is 1. The Morgan fingerprint density at radius 2 is 1.74 bits per heavy atom. The zero-order chi connectivity index (χ0) is 13.8. The first kappa shape index (κ1) is 13.8. The van der Waals surface area contributed by atoms with Crippen LogP contribution in [0.25, 0.3) is 11.3 Å². The van der Waals surface area contributed by atoms with Crippen LogP contribution in [0.4, 0.5) is 0 Å². The first-order valence-corrected chi connectivity index (χ1v) is 6.67. The molecule has 1 aromatic heterocycles. The van der Waals surface area contributed by atoms with E-state index in [0.29, 0.717) is 6.04 Å². The number of aliphatic hydroxyl groups is 1. The number of furan rings is 1. The SMILES string of the molecule is CC(C)NCc1ccc(-c2ccc(C(C)O)cc2)o1. The van der Waals surface area contributed by atoms with Crippen molar-refractivity contribution in [2.75, 3.05) is 0 Å². The van der Waals surface area contributed by atoms with Crippen molar-refractivity contribution < 1.29 is 9.52 Å². The molecule has 1 aromatic carbocycles. The second kappa shape index (κ2) is 6.04. The minimum atomic E-state index is -0.434. The van der Waals surface area contributed by atoms with Gasteiger partial charge in [0.15, 0.2) is 0 Å². The highest BCUT2D eigenvalue weighted by Crippen LogP contribution is 2.24. The van der Waals surface area contributed by atoms with E-state index in [1.807, 2.05) is 36.4 Å². The van der Waals surface area contributed by atoms with Gasteiger partial charge in [-0.15, -0.1) is 0 Å². The Kier molecular flexibility index (Phi) is 4.40.